The van der Waals surface area contributed by atoms with Gasteiger partial charge in [-0.1, -0.05) is 59.6 Å². The van der Waals surface area contributed by atoms with E-state index in [9.17, 15) is 0 Å². The number of hydrogen-bond acceptors (Lipinski definition) is 4. The van der Waals surface area contributed by atoms with Gasteiger partial charge in [0.15, 0.2) is 10.3 Å². The Bertz CT molecular complexity index is 542. The van der Waals surface area contributed by atoms with Gasteiger partial charge in [0.1, 0.15) is 0 Å². The maximum Gasteiger partial charge on any atom is 0.188 e. The predicted octanol–water partition coefficient (Wildman–Crippen LogP) is 4.32. The van der Waals surface area contributed by atoms with Gasteiger partial charge in [0, 0.05) is 0 Å². The fraction of sp³-hybridized carbons (Fsp3) is 0. The number of nitrogens with zero attached hydrogens (tertiary/aromatic N) is 2. The lowest BCUT2D eigenvalue weighted by Crippen LogP contribution is -2.05. The zero-order valence-corrected chi connectivity index (χ0v) is 11.9. The lowest BCUT2D eigenvalue weighted by Gasteiger charge is -2.02. The molecule has 0 unspecified atom stereocenters. The van der Waals surface area contributed by atoms with Crippen molar-refractivity contribution in [2.24, 2.45) is 10.2 Å². The topological polar surface area (TPSA) is 48.8 Å². The molecule has 0 aliphatic rings. The van der Waals surface area contributed by atoms with Crippen LogP contribution in [0.3, 0.4) is 0 Å². The molecular formula is C14H12Cl2N4. The lowest BCUT2D eigenvalue weighted by molar-refractivity contribution is 1.34. The van der Waals surface area contributed by atoms with Gasteiger partial charge in [-0.3, -0.25) is 10.9 Å². The van der Waals surface area contributed by atoms with E-state index in [0.29, 0.717) is 0 Å². The molecule has 102 valence electrons. The number of halogens is 2. The van der Waals surface area contributed by atoms with Crippen molar-refractivity contribution in [2.75, 3.05) is 10.9 Å². The second-order valence-corrected chi connectivity index (χ2v) is 4.48. The summed E-state index contributed by atoms with van der Waals surface area (Å²) in [6.07, 6.45) is 0. The third kappa shape index (κ3) is 4.57. The number of benzene rings is 2. The average molecular weight is 307 g/mol. The predicted molar refractivity (Wildman–Crippen MR) is 86.7 cm³/mol. The highest BCUT2D eigenvalue weighted by atomic mass is 35.5. The monoisotopic (exact) mass is 306 g/mol. The molecular weight excluding hydrogens is 295 g/mol. The van der Waals surface area contributed by atoms with Crippen LogP contribution in [0.2, 0.25) is 0 Å². The van der Waals surface area contributed by atoms with Crippen molar-refractivity contribution in [3.05, 3.63) is 60.7 Å². The van der Waals surface area contributed by atoms with Crippen LogP contribution in [0.4, 0.5) is 11.4 Å². The number of hydrogen-bond donors (Lipinski definition) is 2. The molecule has 20 heavy (non-hydrogen) atoms. The molecule has 0 aliphatic carbocycles. The van der Waals surface area contributed by atoms with E-state index in [0.717, 1.165) is 11.4 Å². The molecule has 2 aromatic rings. The largest absolute Gasteiger partial charge is 0.277 e. The fourth-order valence-corrected chi connectivity index (χ4v) is 1.51. The molecule has 6 heteroatoms. The van der Waals surface area contributed by atoms with E-state index in [1.54, 1.807) is 0 Å². The van der Waals surface area contributed by atoms with Crippen molar-refractivity contribution in [1.82, 2.24) is 0 Å². The summed E-state index contributed by atoms with van der Waals surface area (Å²) >= 11 is 11.9. The Kier molecular flexibility index (Phi) is 5.41. The van der Waals surface area contributed by atoms with E-state index in [-0.39, 0.29) is 10.3 Å². The highest BCUT2D eigenvalue weighted by molar-refractivity contribution is 7.00. The molecule has 2 aromatic carbocycles. The first-order valence-corrected chi connectivity index (χ1v) is 6.60. The third-order valence-corrected chi connectivity index (χ3v) is 2.91. The Hall–Kier alpha value is -2.04. The Morgan fingerprint density at radius 1 is 0.650 bits per heavy atom. The first kappa shape index (κ1) is 14.4. The van der Waals surface area contributed by atoms with Crippen molar-refractivity contribution < 1.29 is 0 Å². The smallest absolute Gasteiger partial charge is 0.188 e. The summed E-state index contributed by atoms with van der Waals surface area (Å²) < 4.78 is 0. The van der Waals surface area contributed by atoms with E-state index in [1.807, 2.05) is 60.7 Å². The van der Waals surface area contributed by atoms with E-state index in [2.05, 4.69) is 21.1 Å². The summed E-state index contributed by atoms with van der Waals surface area (Å²) in [5.41, 5.74) is 7.20. The van der Waals surface area contributed by atoms with Gasteiger partial charge in [-0.05, 0) is 24.3 Å². The summed E-state index contributed by atoms with van der Waals surface area (Å²) in [7, 11) is 0. The molecule has 0 bridgehead atoms. The first-order valence-electron chi connectivity index (χ1n) is 5.84. The number of rotatable bonds is 5. The van der Waals surface area contributed by atoms with Crippen molar-refractivity contribution in [3.63, 3.8) is 0 Å². The van der Waals surface area contributed by atoms with Gasteiger partial charge in [-0.25, -0.2) is 0 Å². The summed E-state index contributed by atoms with van der Waals surface area (Å²) in [6, 6.07) is 18.8. The molecule has 0 aliphatic heterocycles. The zero-order chi connectivity index (χ0) is 14.2. The summed E-state index contributed by atoms with van der Waals surface area (Å²) in [4.78, 5) is 0. The zero-order valence-electron chi connectivity index (χ0n) is 10.4. The molecule has 0 spiro atoms. The number of para-hydroxylation sites is 2. The second-order valence-electron chi connectivity index (χ2n) is 3.76. The summed E-state index contributed by atoms with van der Waals surface area (Å²) in [5, 5.41) is 8.01. The van der Waals surface area contributed by atoms with E-state index >= 15 is 0 Å². The average Bonchev–Trinajstić information content (AvgIpc) is 2.52. The minimum atomic E-state index is 0.0685. The Morgan fingerprint density at radius 2 is 1.00 bits per heavy atom. The summed E-state index contributed by atoms with van der Waals surface area (Å²) in [6.45, 7) is 0. The standard InChI is InChI=1S/C14H12Cl2N4/c15-13(19-17-11-7-3-1-4-8-11)14(16)20-18-12-9-5-2-6-10-12/h1-10,17-18H/b19-13-,20-14-. The SMILES string of the molecule is ClC(=N\Nc1ccccc1)/C(Cl)=N/Nc1ccccc1. The fourth-order valence-electron chi connectivity index (χ4n) is 1.34. The summed E-state index contributed by atoms with van der Waals surface area (Å²) in [5.74, 6) is 0. The Morgan fingerprint density at radius 3 is 1.35 bits per heavy atom. The van der Waals surface area contributed by atoms with Gasteiger partial charge in [0.2, 0.25) is 0 Å². The third-order valence-electron chi connectivity index (χ3n) is 2.28. The van der Waals surface area contributed by atoms with Crippen LogP contribution < -0.4 is 10.9 Å². The van der Waals surface area contributed by atoms with Crippen molar-refractivity contribution in [2.45, 2.75) is 0 Å². The van der Waals surface area contributed by atoms with Crippen LogP contribution in [-0.4, -0.2) is 10.3 Å². The number of anilines is 2. The molecule has 0 amide bonds. The molecule has 0 fully saturated rings. The van der Waals surface area contributed by atoms with Crippen LogP contribution >= 0.6 is 23.2 Å². The number of nitrogens with one attached hydrogen (secondary N) is 2. The Labute approximate surface area is 127 Å². The van der Waals surface area contributed by atoms with Crippen LogP contribution in [0.15, 0.2) is 70.9 Å². The van der Waals surface area contributed by atoms with E-state index in [4.69, 9.17) is 23.2 Å². The van der Waals surface area contributed by atoms with Crippen molar-refractivity contribution in [1.29, 1.82) is 0 Å². The van der Waals surface area contributed by atoms with Crippen LogP contribution in [0.25, 0.3) is 0 Å². The van der Waals surface area contributed by atoms with Gasteiger partial charge < -0.3 is 0 Å². The second kappa shape index (κ2) is 7.53. The lowest BCUT2D eigenvalue weighted by atomic mass is 10.3. The van der Waals surface area contributed by atoms with Gasteiger partial charge in [0.25, 0.3) is 0 Å². The molecule has 0 radical (unpaired) electrons. The Balaban J connectivity index is 1.95. The first-order chi connectivity index (χ1) is 9.75. The van der Waals surface area contributed by atoms with Gasteiger partial charge in [-0.15, -0.1) is 0 Å². The van der Waals surface area contributed by atoms with Crippen LogP contribution in [0.5, 0.6) is 0 Å². The molecule has 0 aromatic heterocycles. The number of hydrazone groups is 2. The van der Waals surface area contributed by atoms with E-state index in [1.165, 1.54) is 0 Å². The highest BCUT2D eigenvalue weighted by Crippen LogP contribution is 2.08. The van der Waals surface area contributed by atoms with E-state index < -0.39 is 0 Å². The van der Waals surface area contributed by atoms with Crippen molar-refractivity contribution >= 4 is 44.9 Å². The van der Waals surface area contributed by atoms with Gasteiger partial charge in [-0.2, -0.15) is 10.2 Å². The van der Waals surface area contributed by atoms with Crippen LogP contribution in [0.1, 0.15) is 0 Å². The molecule has 0 heterocycles. The van der Waals surface area contributed by atoms with Crippen LogP contribution in [0, 0.1) is 0 Å². The minimum absolute atomic E-state index is 0.0685. The molecule has 4 nitrogen and oxygen atoms in total. The quantitative estimate of drug-likeness (QED) is 0.638. The maximum atomic E-state index is 5.93. The highest BCUT2D eigenvalue weighted by Gasteiger charge is 2.02. The van der Waals surface area contributed by atoms with Crippen molar-refractivity contribution in [3.8, 4) is 0 Å². The van der Waals surface area contributed by atoms with Gasteiger partial charge in [0.05, 0.1) is 11.4 Å². The van der Waals surface area contributed by atoms with Gasteiger partial charge >= 0.3 is 0 Å². The van der Waals surface area contributed by atoms with Crippen LogP contribution in [-0.2, 0) is 0 Å². The molecule has 0 atom stereocenters. The maximum absolute atomic E-state index is 5.93. The molecule has 2 N–H and O–H groups in total. The normalized spacial score (nSPS) is 12.1. The minimum Gasteiger partial charge on any atom is -0.277 e. The molecule has 2 rings (SSSR count). The molecule has 0 saturated heterocycles. The molecule has 0 saturated carbocycles.